The van der Waals surface area contributed by atoms with Crippen LogP contribution in [-0.4, -0.2) is 5.11 Å². The van der Waals surface area contributed by atoms with Crippen molar-refractivity contribution < 1.29 is 9.52 Å². The fraction of sp³-hybridized carbons (Fsp3) is 0.444. The van der Waals surface area contributed by atoms with Crippen molar-refractivity contribution in [1.82, 2.24) is 0 Å². The average molecular weight is 272 g/mol. The van der Waals surface area contributed by atoms with E-state index in [1.807, 2.05) is 32.0 Å². The summed E-state index contributed by atoms with van der Waals surface area (Å²) in [6, 6.07) is 10.2. The summed E-state index contributed by atoms with van der Waals surface area (Å²) >= 11 is 0. The van der Waals surface area contributed by atoms with E-state index in [0.717, 1.165) is 29.1 Å². The number of furan rings is 1. The quantitative estimate of drug-likeness (QED) is 0.877. The van der Waals surface area contributed by atoms with Gasteiger partial charge in [0.05, 0.1) is 0 Å². The first-order chi connectivity index (χ1) is 9.35. The number of hydrogen-bond donors (Lipinski definition) is 1. The van der Waals surface area contributed by atoms with Crippen LogP contribution in [-0.2, 0) is 5.41 Å². The molecule has 0 saturated carbocycles. The molecule has 1 unspecified atom stereocenters. The van der Waals surface area contributed by atoms with Crippen molar-refractivity contribution in [2.75, 3.05) is 0 Å². The summed E-state index contributed by atoms with van der Waals surface area (Å²) in [5, 5.41) is 10.5. The Morgan fingerprint density at radius 2 is 1.75 bits per heavy atom. The van der Waals surface area contributed by atoms with Crippen LogP contribution in [0.4, 0.5) is 0 Å². The lowest BCUT2D eigenvalue weighted by atomic mass is 9.81. The van der Waals surface area contributed by atoms with E-state index in [1.54, 1.807) is 0 Å². The maximum atomic E-state index is 10.5. The first-order valence-corrected chi connectivity index (χ1v) is 7.20. The molecule has 0 bridgehead atoms. The molecule has 1 aromatic carbocycles. The topological polar surface area (TPSA) is 33.4 Å². The monoisotopic (exact) mass is 272 g/mol. The van der Waals surface area contributed by atoms with Gasteiger partial charge in [0.15, 0.2) is 0 Å². The normalized spacial score (nSPS) is 13.5. The van der Waals surface area contributed by atoms with Crippen LogP contribution in [0.15, 0.2) is 34.7 Å². The van der Waals surface area contributed by atoms with Crippen LogP contribution in [0.25, 0.3) is 0 Å². The summed E-state index contributed by atoms with van der Waals surface area (Å²) in [6.07, 6.45) is 0.473. The molecule has 2 heteroatoms. The van der Waals surface area contributed by atoms with Crippen LogP contribution in [0.1, 0.15) is 61.5 Å². The predicted octanol–water partition coefficient (Wildman–Crippen LogP) is 4.67. The smallest absolute Gasteiger partial charge is 0.107 e. The molecule has 0 spiro atoms. The van der Waals surface area contributed by atoms with Gasteiger partial charge in [-0.3, -0.25) is 0 Å². The predicted molar refractivity (Wildman–Crippen MR) is 82.0 cm³/mol. The highest BCUT2D eigenvalue weighted by molar-refractivity contribution is 5.35. The fourth-order valence-electron chi connectivity index (χ4n) is 2.42. The van der Waals surface area contributed by atoms with Crippen molar-refractivity contribution in [3.8, 4) is 0 Å². The van der Waals surface area contributed by atoms with Crippen molar-refractivity contribution in [3.05, 3.63) is 58.5 Å². The van der Waals surface area contributed by atoms with Crippen molar-refractivity contribution >= 4 is 0 Å². The number of rotatable bonds is 4. The van der Waals surface area contributed by atoms with Crippen LogP contribution in [0.3, 0.4) is 0 Å². The number of aliphatic hydroxyl groups is 1. The van der Waals surface area contributed by atoms with Gasteiger partial charge in [-0.1, -0.05) is 45.0 Å². The molecule has 2 nitrogen and oxygen atoms in total. The highest BCUT2D eigenvalue weighted by atomic mass is 16.3. The lowest BCUT2D eigenvalue weighted by molar-refractivity contribution is 0.218. The van der Waals surface area contributed by atoms with E-state index < -0.39 is 6.10 Å². The van der Waals surface area contributed by atoms with Gasteiger partial charge < -0.3 is 9.52 Å². The van der Waals surface area contributed by atoms with Crippen LogP contribution >= 0.6 is 0 Å². The van der Waals surface area contributed by atoms with E-state index in [0.29, 0.717) is 0 Å². The third-order valence-corrected chi connectivity index (χ3v) is 4.27. The van der Waals surface area contributed by atoms with E-state index in [-0.39, 0.29) is 5.41 Å². The SMILES string of the molecule is CCC(C)(C)c1ccc(C(O)c2cc(C)oc2C)cc1. The van der Waals surface area contributed by atoms with Gasteiger partial charge in [0, 0.05) is 5.56 Å². The van der Waals surface area contributed by atoms with Gasteiger partial charge in [0.2, 0.25) is 0 Å². The standard InChI is InChI=1S/C18H24O2/c1-6-18(4,5)15-9-7-14(8-10-15)17(19)16-11-12(2)20-13(16)3/h7-11,17,19H,6H2,1-5H3. The molecule has 0 aliphatic heterocycles. The van der Waals surface area contributed by atoms with E-state index in [4.69, 9.17) is 4.42 Å². The molecule has 1 heterocycles. The lowest BCUT2D eigenvalue weighted by Gasteiger charge is -2.23. The first-order valence-electron chi connectivity index (χ1n) is 7.20. The van der Waals surface area contributed by atoms with Gasteiger partial charge in [-0.2, -0.15) is 0 Å². The average Bonchev–Trinajstić information content (AvgIpc) is 2.77. The molecule has 108 valence electrons. The Kier molecular flexibility index (Phi) is 4.05. The molecule has 20 heavy (non-hydrogen) atoms. The Balaban J connectivity index is 2.28. The van der Waals surface area contributed by atoms with Crippen LogP contribution in [0, 0.1) is 13.8 Å². The molecule has 0 aliphatic carbocycles. The zero-order valence-corrected chi connectivity index (χ0v) is 13.0. The largest absolute Gasteiger partial charge is 0.466 e. The third kappa shape index (κ3) is 2.80. The Labute approximate surface area is 121 Å². The zero-order chi connectivity index (χ0) is 14.9. The Hall–Kier alpha value is -1.54. The molecule has 2 aromatic rings. The second-order valence-electron chi connectivity index (χ2n) is 6.13. The Morgan fingerprint density at radius 3 is 2.20 bits per heavy atom. The summed E-state index contributed by atoms with van der Waals surface area (Å²) in [5.74, 6) is 1.62. The molecule has 1 aromatic heterocycles. The summed E-state index contributed by atoms with van der Waals surface area (Å²) in [5.41, 5.74) is 3.23. The molecule has 0 saturated heterocycles. The van der Waals surface area contributed by atoms with E-state index >= 15 is 0 Å². The highest BCUT2D eigenvalue weighted by Gasteiger charge is 2.20. The second-order valence-corrected chi connectivity index (χ2v) is 6.13. The minimum Gasteiger partial charge on any atom is -0.466 e. The number of aliphatic hydroxyl groups excluding tert-OH is 1. The molecule has 0 radical (unpaired) electrons. The lowest BCUT2D eigenvalue weighted by Crippen LogP contribution is -2.15. The molecular formula is C18H24O2. The maximum Gasteiger partial charge on any atom is 0.107 e. The van der Waals surface area contributed by atoms with E-state index in [2.05, 4.69) is 32.9 Å². The van der Waals surface area contributed by atoms with Gasteiger partial charge in [0.25, 0.3) is 0 Å². The summed E-state index contributed by atoms with van der Waals surface area (Å²) in [6.45, 7) is 10.5. The minimum absolute atomic E-state index is 0.172. The molecule has 2 rings (SSSR count). The van der Waals surface area contributed by atoms with Gasteiger partial charge in [0.1, 0.15) is 17.6 Å². The van der Waals surface area contributed by atoms with Crippen LogP contribution < -0.4 is 0 Å². The van der Waals surface area contributed by atoms with E-state index in [9.17, 15) is 5.11 Å². The molecular weight excluding hydrogens is 248 g/mol. The first kappa shape index (κ1) is 14.9. The van der Waals surface area contributed by atoms with Crippen LogP contribution in [0.5, 0.6) is 0 Å². The molecule has 0 aliphatic rings. The van der Waals surface area contributed by atoms with Gasteiger partial charge in [-0.25, -0.2) is 0 Å². The fourth-order valence-corrected chi connectivity index (χ4v) is 2.42. The zero-order valence-electron chi connectivity index (χ0n) is 13.0. The number of hydrogen-bond acceptors (Lipinski definition) is 2. The van der Waals surface area contributed by atoms with Crippen molar-refractivity contribution in [2.45, 2.75) is 52.6 Å². The van der Waals surface area contributed by atoms with E-state index in [1.165, 1.54) is 5.56 Å². The van der Waals surface area contributed by atoms with Gasteiger partial charge in [-0.15, -0.1) is 0 Å². The molecule has 1 atom stereocenters. The third-order valence-electron chi connectivity index (χ3n) is 4.27. The summed E-state index contributed by atoms with van der Waals surface area (Å²) < 4.78 is 5.49. The highest BCUT2D eigenvalue weighted by Crippen LogP contribution is 2.30. The second kappa shape index (κ2) is 5.45. The Bertz CT molecular complexity index is 576. The molecule has 0 fully saturated rings. The molecule has 0 amide bonds. The van der Waals surface area contributed by atoms with Crippen LogP contribution in [0.2, 0.25) is 0 Å². The van der Waals surface area contributed by atoms with Gasteiger partial charge >= 0.3 is 0 Å². The number of benzene rings is 1. The van der Waals surface area contributed by atoms with Gasteiger partial charge in [-0.05, 0) is 42.9 Å². The number of aryl methyl sites for hydroxylation is 2. The maximum absolute atomic E-state index is 10.5. The minimum atomic E-state index is -0.619. The van der Waals surface area contributed by atoms with Crippen molar-refractivity contribution in [1.29, 1.82) is 0 Å². The Morgan fingerprint density at radius 1 is 1.15 bits per heavy atom. The molecule has 1 N–H and O–H groups in total. The van der Waals surface area contributed by atoms with Crippen molar-refractivity contribution in [2.24, 2.45) is 0 Å². The summed E-state index contributed by atoms with van der Waals surface area (Å²) in [7, 11) is 0. The summed E-state index contributed by atoms with van der Waals surface area (Å²) in [4.78, 5) is 0. The van der Waals surface area contributed by atoms with Crippen molar-refractivity contribution in [3.63, 3.8) is 0 Å².